The molecule has 2 heterocycles. The van der Waals surface area contributed by atoms with Crippen LogP contribution >= 0.6 is 11.3 Å². The summed E-state index contributed by atoms with van der Waals surface area (Å²) in [5.41, 5.74) is 1.48. The highest BCUT2D eigenvalue weighted by molar-refractivity contribution is 7.17. The SMILES string of the molecule is Cc1nc(NC(=O)C2COCC(=O)N2Cc2ccccc2)sc1C(=O)N(C)C. The van der Waals surface area contributed by atoms with E-state index in [0.717, 1.165) is 16.9 Å². The maximum Gasteiger partial charge on any atom is 0.265 e. The Morgan fingerprint density at radius 1 is 1.32 bits per heavy atom. The molecule has 9 heteroatoms. The smallest absolute Gasteiger partial charge is 0.265 e. The summed E-state index contributed by atoms with van der Waals surface area (Å²) in [6.07, 6.45) is 0. The molecule has 3 rings (SSSR count). The lowest BCUT2D eigenvalue weighted by Gasteiger charge is -2.34. The van der Waals surface area contributed by atoms with E-state index < -0.39 is 6.04 Å². The number of anilines is 1. The Bertz CT molecular complexity index is 881. The van der Waals surface area contributed by atoms with Gasteiger partial charge in [-0.05, 0) is 12.5 Å². The molecule has 0 radical (unpaired) electrons. The molecule has 1 atom stereocenters. The van der Waals surface area contributed by atoms with Gasteiger partial charge in [0.05, 0.1) is 12.3 Å². The van der Waals surface area contributed by atoms with Crippen molar-refractivity contribution >= 4 is 34.2 Å². The third-order valence-corrected chi connectivity index (χ3v) is 5.38. The van der Waals surface area contributed by atoms with Gasteiger partial charge in [-0.15, -0.1) is 0 Å². The molecule has 1 aromatic carbocycles. The van der Waals surface area contributed by atoms with Crippen molar-refractivity contribution in [2.75, 3.05) is 32.6 Å². The van der Waals surface area contributed by atoms with E-state index in [4.69, 9.17) is 4.74 Å². The highest BCUT2D eigenvalue weighted by Crippen LogP contribution is 2.24. The van der Waals surface area contributed by atoms with Crippen molar-refractivity contribution in [2.45, 2.75) is 19.5 Å². The number of nitrogens with one attached hydrogen (secondary N) is 1. The number of carbonyl (C=O) groups is 3. The van der Waals surface area contributed by atoms with Crippen molar-refractivity contribution in [1.82, 2.24) is 14.8 Å². The third-order valence-electron chi connectivity index (χ3n) is 4.32. The number of hydrogen-bond acceptors (Lipinski definition) is 6. The number of amides is 3. The summed E-state index contributed by atoms with van der Waals surface area (Å²) in [7, 11) is 3.32. The Hall–Kier alpha value is -2.78. The molecule has 0 spiro atoms. The van der Waals surface area contributed by atoms with Crippen molar-refractivity contribution < 1.29 is 19.1 Å². The maximum absolute atomic E-state index is 12.8. The predicted molar refractivity (Wildman–Crippen MR) is 105 cm³/mol. The van der Waals surface area contributed by atoms with Crippen molar-refractivity contribution in [3.05, 3.63) is 46.5 Å². The van der Waals surface area contributed by atoms with Gasteiger partial charge < -0.3 is 19.9 Å². The summed E-state index contributed by atoms with van der Waals surface area (Å²) in [4.78, 5) is 45.1. The van der Waals surface area contributed by atoms with Crippen molar-refractivity contribution in [3.63, 3.8) is 0 Å². The summed E-state index contributed by atoms with van der Waals surface area (Å²) in [5, 5.41) is 3.05. The van der Waals surface area contributed by atoms with Crippen LogP contribution in [0.2, 0.25) is 0 Å². The van der Waals surface area contributed by atoms with Crippen LogP contribution in [0.3, 0.4) is 0 Å². The summed E-state index contributed by atoms with van der Waals surface area (Å²) in [6.45, 7) is 2.10. The fourth-order valence-corrected chi connectivity index (χ4v) is 3.83. The standard InChI is InChI=1S/C19H22N4O4S/c1-12-16(18(26)22(2)3)28-19(20-12)21-17(25)14-10-27-11-15(24)23(14)9-13-7-5-4-6-8-13/h4-8,14H,9-11H2,1-3H3,(H,20,21,25). The van der Waals surface area contributed by atoms with Crippen LogP contribution in [0.25, 0.3) is 0 Å². The molecule has 0 bridgehead atoms. The topological polar surface area (TPSA) is 91.8 Å². The number of aryl methyl sites for hydroxylation is 1. The largest absolute Gasteiger partial charge is 0.369 e. The first kappa shape index (κ1) is 20.0. The van der Waals surface area contributed by atoms with Crippen LogP contribution < -0.4 is 5.32 Å². The minimum absolute atomic E-state index is 0.0472. The van der Waals surface area contributed by atoms with Crippen LogP contribution in [0.1, 0.15) is 20.9 Å². The van der Waals surface area contributed by atoms with Gasteiger partial charge >= 0.3 is 0 Å². The Kier molecular flexibility index (Phi) is 6.05. The number of ether oxygens (including phenoxy) is 1. The predicted octanol–water partition coefficient (Wildman–Crippen LogP) is 1.52. The second-order valence-corrected chi connectivity index (χ2v) is 7.66. The van der Waals surface area contributed by atoms with E-state index in [1.54, 1.807) is 21.0 Å². The molecule has 0 aliphatic carbocycles. The van der Waals surface area contributed by atoms with Crippen LogP contribution in [0, 0.1) is 6.92 Å². The number of rotatable bonds is 5. The molecule has 148 valence electrons. The molecule has 1 saturated heterocycles. The van der Waals surface area contributed by atoms with Gasteiger partial charge in [-0.1, -0.05) is 41.7 Å². The van der Waals surface area contributed by atoms with Crippen LogP contribution in [0.5, 0.6) is 0 Å². The number of morpholine rings is 1. The first-order valence-electron chi connectivity index (χ1n) is 8.78. The quantitative estimate of drug-likeness (QED) is 0.819. The molecule has 1 aromatic heterocycles. The first-order valence-corrected chi connectivity index (χ1v) is 9.59. The molecule has 1 aliphatic rings. The van der Waals surface area contributed by atoms with E-state index >= 15 is 0 Å². The van der Waals surface area contributed by atoms with Gasteiger partial charge in [-0.25, -0.2) is 4.98 Å². The van der Waals surface area contributed by atoms with Gasteiger partial charge in [-0.3, -0.25) is 14.4 Å². The monoisotopic (exact) mass is 402 g/mol. The van der Waals surface area contributed by atoms with E-state index in [2.05, 4.69) is 10.3 Å². The molecule has 8 nitrogen and oxygen atoms in total. The number of carbonyl (C=O) groups excluding carboxylic acids is 3. The Morgan fingerprint density at radius 2 is 2.04 bits per heavy atom. The highest BCUT2D eigenvalue weighted by Gasteiger charge is 2.34. The summed E-state index contributed by atoms with van der Waals surface area (Å²) in [5.74, 6) is -0.798. The van der Waals surface area contributed by atoms with Crippen LogP contribution in [-0.4, -0.2) is 65.9 Å². The van der Waals surface area contributed by atoms with Crippen molar-refractivity contribution in [1.29, 1.82) is 0 Å². The number of benzene rings is 1. The Labute approximate surface area is 167 Å². The summed E-state index contributed by atoms with van der Waals surface area (Å²) in [6, 6.07) is 8.71. The highest BCUT2D eigenvalue weighted by atomic mass is 32.1. The molecule has 1 N–H and O–H groups in total. The fourth-order valence-electron chi connectivity index (χ4n) is 2.84. The molecular formula is C19H22N4O4S. The number of hydrogen-bond donors (Lipinski definition) is 1. The van der Waals surface area contributed by atoms with Crippen LogP contribution in [-0.2, 0) is 20.9 Å². The van der Waals surface area contributed by atoms with Gasteiger partial charge in [-0.2, -0.15) is 0 Å². The molecule has 2 aromatic rings. The van der Waals surface area contributed by atoms with Gasteiger partial charge in [0.25, 0.3) is 11.8 Å². The van der Waals surface area contributed by atoms with Crippen molar-refractivity contribution in [2.24, 2.45) is 0 Å². The van der Waals surface area contributed by atoms with Gasteiger partial charge in [0.1, 0.15) is 17.5 Å². The normalized spacial score (nSPS) is 16.8. The van der Waals surface area contributed by atoms with Crippen LogP contribution in [0.4, 0.5) is 5.13 Å². The number of thiazole rings is 1. The average molecular weight is 402 g/mol. The fraction of sp³-hybridized carbons (Fsp3) is 0.368. The molecular weight excluding hydrogens is 380 g/mol. The van der Waals surface area contributed by atoms with E-state index in [-0.39, 0.29) is 30.9 Å². The average Bonchev–Trinajstić information content (AvgIpc) is 3.03. The molecule has 1 fully saturated rings. The Balaban J connectivity index is 1.75. The molecule has 3 amide bonds. The second kappa shape index (κ2) is 8.49. The van der Waals surface area contributed by atoms with Crippen LogP contribution in [0.15, 0.2) is 30.3 Å². The van der Waals surface area contributed by atoms with Gasteiger partial charge in [0, 0.05) is 20.6 Å². The van der Waals surface area contributed by atoms with E-state index in [9.17, 15) is 14.4 Å². The lowest BCUT2D eigenvalue weighted by molar-refractivity contribution is -0.154. The summed E-state index contributed by atoms with van der Waals surface area (Å²) < 4.78 is 5.29. The minimum atomic E-state index is -0.765. The zero-order valence-electron chi connectivity index (χ0n) is 16.0. The lowest BCUT2D eigenvalue weighted by Crippen LogP contribution is -2.54. The van der Waals surface area contributed by atoms with E-state index in [1.165, 1.54) is 9.80 Å². The third kappa shape index (κ3) is 4.37. The summed E-state index contributed by atoms with van der Waals surface area (Å²) >= 11 is 1.12. The Morgan fingerprint density at radius 3 is 2.71 bits per heavy atom. The van der Waals surface area contributed by atoms with Crippen molar-refractivity contribution in [3.8, 4) is 0 Å². The molecule has 1 unspecified atom stereocenters. The lowest BCUT2D eigenvalue weighted by atomic mass is 10.1. The second-order valence-electron chi connectivity index (χ2n) is 6.66. The minimum Gasteiger partial charge on any atom is -0.369 e. The molecule has 1 aliphatic heterocycles. The van der Waals surface area contributed by atoms with E-state index in [1.807, 2.05) is 30.3 Å². The zero-order chi connectivity index (χ0) is 20.3. The zero-order valence-corrected chi connectivity index (χ0v) is 16.8. The first-order chi connectivity index (χ1) is 13.4. The molecule has 0 saturated carbocycles. The van der Waals surface area contributed by atoms with Gasteiger partial charge in [0.15, 0.2) is 5.13 Å². The van der Waals surface area contributed by atoms with Gasteiger partial charge in [0.2, 0.25) is 5.91 Å². The number of aromatic nitrogens is 1. The number of nitrogens with zero attached hydrogens (tertiary/aromatic N) is 3. The van der Waals surface area contributed by atoms with E-state index in [0.29, 0.717) is 22.2 Å². The molecule has 28 heavy (non-hydrogen) atoms. The maximum atomic E-state index is 12.8.